The first-order chi connectivity index (χ1) is 13.0. The summed E-state index contributed by atoms with van der Waals surface area (Å²) in [4.78, 5) is 26.8. The average molecular weight is 358 g/mol. The van der Waals surface area contributed by atoms with Gasteiger partial charge in [-0.15, -0.1) is 0 Å². The third-order valence-corrected chi connectivity index (χ3v) is 5.99. The Bertz CT molecular complexity index is 947. The van der Waals surface area contributed by atoms with E-state index in [0.717, 1.165) is 0 Å². The number of hydrazone groups is 2. The number of rotatable bonds is 2. The summed E-state index contributed by atoms with van der Waals surface area (Å²) >= 11 is 0. The van der Waals surface area contributed by atoms with Gasteiger partial charge in [-0.3, -0.25) is 9.59 Å². The van der Waals surface area contributed by atoms with E-state index < -0.39 is 10.8 Å². The molecule has 6 nitrogen and oxygen atoms in total. The molecular weight excluding hydrogens is 340 g/mol. The molecule has 2 atom stereocenters. The highest BCUT2D eigenvalue weighted by Gasteiger charge is 2.83. The van der Waals surface area contributed by atoms with Crippen LogP contribution in [-0.4, -0.2) is 23.2 Å². The molecule has 1 fully saturated rings. The van der Waals surface area contributed by atoms with Gasteiger partial charge in [0.2, 0.25) is 0 Å². The topological polar surface area (TPSA) is 65.3 Å². The van der Waals surface area contributed by atoms with Gasteiger partial charge in [0, 0.05) is 0 Å². The molecule has 0 bridgehead atoms. The van der Waals surface area contributed by atoms with E-state index in [-0.39, 0.29) is 11.8 Å². The molecule has 2 amide bonds. The predicted molar refractivity (Wildman–Crippen MR) is 104 cm³/mol. The number of hydrogen-bond donors (Lipinski definition) is 0. The summed E-state index contributed by atoms with van der Waals surface area (Å²) in [5, 5.41) is 11.9. The molecular formula is C21H18N4O2. The number of para-hydroxylation sites is 2. The Morgan fingerprint density at radius 2 is 1.07 bits per heavy atom. The Morgan fingerprint density at radius 1 is 0.704 bits per heavy atom. The molecule has 2 spiro atoms. The van der Waals surface area contributed by atoms with E-state index in [1.165, 1.54) is 10.0 Å². The van der Waals surface area contributed by atoms with Gasteiger partial charge >= 0.3 is 0 Å². The highest BCUT2D eigenvalue weighted by molar-refractivity contribution is 6.35. The van der Waals surface area contributed by atoms with Gasteiger partial charge < -0.3 is 0 Å². The zero-order valence-electron chi connectivity index (χ0n) is 15.1. The summed E-state index contributed by atoms with van der Waals surface area (Å²) in [6.07, 6.45) is 0.426. The molecule has 134 valence electrons. The summed E-state index contributed by atoms with van der Waals surface area (Å²) in [5.41, 5.74) is 0.929. The van der Waals surface area contributed by atoms with E-state index in [0.29, 0.717) is 29.2 Å². The average Bonchev–Trinajstić information content (AvgIpc) is 3.29. The molecule has 5 rings (SSSR count). The molecule has 2 heterocycles. The molecule has 2 aromatic rings. The summed E-state index contributed by atoms with van der Waals surface area (Å²) < 4.78 is 0. The lowest BCUT2D eigenvalue weighted by Crippen LogP contribution is -2.40. The number of fused-ring (bicyclic) bond motifs is 1. The van der Waals surface area contributed by atoms with E-state index in [1.807, 2.05) is 74.5 Å². The fourth-order valence-corrected chi connectivity index (χ4v) is 4.46. The standard InChI is InChI=1S/C21H18N4O2/c1-14-20(18(26)24(22-14)16-9-5-3-6-10-16)13-21(20)15(2)23-25(19(21)27)17-11-7-4-8-12-17/h3-12H,13H2,1-2H3. The molecule has 0 N–H and O–H groups in total. The monoisotopic (exact) mass is 358 g/mol. The number of carbonyl (C=O) groups is 2. The molecule has 3 aliphatic rings. The van der Waals surface area contributed by atoms with E-state index in [4.69, 9.17) is 0 Å². The van der Waals surface area contributed by atoms with Gasteiger partial charge in [-0.05, 0) is 44.5 Å². The Morgan fingerprint density at radius 3 is 1.44 bits per heavy atom. The second kappa shape index (κ2) is 5.13. The summed E-state index contributed by atoms with van der Waals surface area (Å²) in [5.74, 6) is -0.298. The molecule has 0 aromatic heterocycles. The number of hydrogen-bond acceptors (Lipinski definition) is 4. The van der Waals surface area contributed by atoms with Gasteiger partial charge in [-0.1, -0.05) is 36.4 Å². The van der Waals surface area contributed by atoms with Crippen molar-refractivity contribution in [2.24, 2.45) is 21.0 Å². The van der Waals surface area contributed by atoms with E-state index in [1.54, 1.807) is 0 Å². The lowest BCUT2D eigenvalue weighted by atomic mass is 9.85. The van der Waals surface area contributed by atoms with E-state index in [9.17, 15) is 9.59 Å². The van der Waals surface area contributed by atoms with Crippen molar-refractivity contribution in [3.05, 3.63) is 60.7 Å². The molecule has 2 unspecified atom stereocenters. The molecule has 2 aliphatic heterocycles. The normalized spacial score (nSPS) is 29.0. The maximum Gasteiger partial charge on any atom is 0.260 e. The second-order valence-corrected chi connectivity index (χ2v) is 7.26. The van der Waals surface area contributed by atoms with Crippen LogP contribution in [0.4, 0.5) is 11.4 Å². The van der Waals surface area contributed by atoms with Gasteiger partial charge in [0.05, 0.1) is 22.8 Å². The third kappa shape index (κ3) is 1.79. The smallest absolute Gasteiger partial charge is 0.260 e. The summed E-state index contributed by atoms with van der Waals surface area (Å²) in [7, 11) is 0. The van der Waals surface area contributed by atoms with Crippen LogP contribution in [0.3, 0.4) is 0 Å². The van der Waals surface area contributed by atoms with Crippen LogP contribution in [0.1, 0.15) is 20.3 Å². The van der Waals surface area contributed by atoms with Crippen molar-refractivity contribution in [1.29, 1.82) is 0 Å². The molecule has 1 saturated carbocycles. The molecule has 2 aromatic carbocycles. The molecule has 6 heteroatoms. The van der Waals surface area contributed by atoms with Crippen molar-refractivity contribution in [3.63, 3.8) is 0 Å². The van der Waals surface area contributed by atoms with Crippen LogP contribution in [-0.2, 0) is 9.59 Å². The minimum Gasteiger partial charge on any atom is -0.271 e. The van der Waals surface area contributed by atoms with Crippen molar-refractivity contribution < 1.29 is 9.59 Å². The van der Waals surface area contributed by atoms with Crippen LogP contribution in [0.5, 0.6) is 0 Å². The molecule has 0 radical (unpaired) electrons. The minimum absolute atomic E-state index is 0.149. The van der Waals surface area contributed by atoms with Gasteiger partial charge in [0.25, 0.3) is 11.8 Å². The Kier molecular flexibility index (Phi) is 3.03. The first-order valence-corrected chi connectivity index (χ1v) is 8.93. The van der Waals surface area contributed by atoms with Gasteiger partial charge in [-0.25, -0.2) is 0 Å². The van der Waals surface area contributed by atoms with Gasteiger partial charge in [0.15, 0.2) is 0 Å². The Hall–Kier alpha value is -3.28. The van der Waals surface area contributed by atoms with Crippen molar-refractivity contribution in [2.45, 2.75) is 20.3 Å². The van der Waals surface area contributed by atoms with Crippen LogP contribution >= 0.6 is 0 Å². The summed E-state index contributed by atoms with van der Waals surface area (Å²) in [6.45, 7) is 3.67. The van der Waals surface area contributed by atoms with Crippen molar-refractivity contribution in [1.82, 2.24) is 0 Å². The van der Waals surface area contributed by atoms with Gasteiger partial charge in [0.1, 0.15) is 10.8 Å². The van der Waals surface area contributed by atoms with Crippen LogP contribution in [0, 0.1) is 10.8 Å². The fraction of sp³-hybridized carbons (Fsp3) is 0.238. The fourth-order valence-electron chi connectivity index (χ4n) is 4.46. The van der Waals surface area contributed by atoms with Crippen LogP contribution < -0.4 is 10.0 Å². The predicted octanol–water partition coefficient (Wildman–Crippen LogP) is 3.21. The minimum atomic E-state index is -0.920. The van der Waals surface area contributed by atoms with Gasteiger partial charge in [-0.2, -0.15) is 20.2 Å². The number of benzene rings is 2. The third-order valence-electron chi connectivity index (χ3n) is 5.99. The molecule has 1 aliphatic carbocycles. The van der Waals surface area contributed by atoms with Crippen LogP contribution in [0.15, 0.2) is 70.9 Å². The SMILES string of the molecule is CC1=NN(c2ccccc2)C(=O)C12CC21C(=O)N(c2ccccc2)N=C1C. The zero-order chi connectivity index (χ0) is 18.8. The highest BCUT2D eigenvalue weighted by Crippen LogP contribution is 2.70. The largest absolute Gasteiger partial charge is 0.271 e. The van der Waals surface area contributed by atoms with Crippen molar-refractivity contribution in [3.8, 4) is 0 Å². The number of amides is 2. The van der Waals surface area contributed by atoms with Crippen LogP contribution in [0.25, 0.3) is 0 Å². The Balaban J connectivity index is 1.54. The first kappa shape index (κ1) is 15.9. The number of nitrogens with zero attached hydrogens (tertiary/aromatic N) is 4. The second-order valence-electron chi connectivity index (χ2n) is 7.26. The maximum atomic E-state index is 13.4. The maximum absolute atomic E-state index is 13.4. The lowest BCUT2D eigenvalue weighted by Gasteiger charge is -2.19. The van der Waals surface area contributed by atoms with Crippen LogP contribution in [0.2, 0.25) is 0 Å². The zero-order valence-corrected chi connectivity index (χ0v) is 15.1. The highest BCUT2D eigenvalue weighted by atomic mass is 16.2. The molecule has 0 saturated heterocycles. The number of carbonyl (C=O) groups excluding carboxylic acids is 2. The van der Waals surface area contributed by atoms with E-state index >= 15 is 0 Å². The molecule has 27 heavy (non-hydrogen) atoms. The summed E-state index contributed by atoms with van der Waals surface area (Å²) in [6, 6.07) is 18.6. The first-order valence-electron chi connectivity index (χ1n) is 8.93. The quantitative estimate of drug-likeness (QED) is 0.827. The van der Waals surface area contributed by atoms with Crippen molar-refractivity contribution >= 4 is 34.6 Å². The lowest BCUT2D eigenvalue weighted by molar-refractivity contribution is -0.126. The number of anilines is 2. The van der Waals surface area contributed by atoms with Crippen molar-refractivity contribution in [2.75, 3.05) is 10.0 Å². The Labute approximate surface area is 156 Å². The van der Waals surface area contributed by atoms with E-state index in [2.05, 4.69) is 10.2 Å².